The number of carbonyl (C=O) groups is 1. The molecule has 22 heavy (non-hydrogen) atoms. The fourth-order valence-corrected chi connectivity index (χ4v) is 3.92. The molecule has 1 aromatic carbocycles. The summed E-state index contributed by atoms with van der Waals surface area (Å²) >= 11 is 1.40. The highest BCUT2D eigenvalue weighted by atomic mass is 32.2. The Kier molecular flexibility index (Phi) is 3.62. The lowest BCUT2D eigenvalue weighted by Crippen LogP contribution is -2.15. The second-order valence-corrected chi connectivity index (χ2v) is 8.27. The Hall–Kier alpha value is -1.99. The van der Waals surface area contributed by atoms with Crippen LogP contribution in [0.5, 0.6) is 0 Å². The lowest BCUT2D eigenvalue weighted by Gasteiger charge is -2.06. The average molecular weight is 334 g/mol. The number of Topliss-reactive ketones (excluding diaryl/α,β-unsaturated/α-hetero) is 1. The van der Waals surface area contributed by atoms with E-state index < -0.39 is 9.84 Å². The van der Waals surface area contributed by atoms with Gasteiger partial charge in [0.05, 0.1) is 22.5 Å². The molecule has 0 spiro atoms. The number of ketones is 1. The van der Waals surface area contributed by atoms with E-state index >= 15 is 0 Å². The van der Waals surface area contributed by atoms with E-state index in [9.17, 15) is 13.2 Å². The van der Waals surface area contributed by atoms with Crippen molar-refractivity contribution in [2.75, 3.05) is 6.26 Å². The number of sulfone groups is 1. The fraction of sp³-hybridized carbons (Fsp3) is 0.200. The molecule has 3 aromatic rings. The highest BCUT2D eigenvalue weighted by molar-refractivity contribution is 7.90. The van der Waals surface area contributed by atoms with Gasteiger partial charge in [-0.25, -0.2) is 13.4 Å². The second kappa shape index (κ2) is 5.33. The van der Waals surface area contributed by atoms with Gasteiger partial charge in [-0.15, -0.1) is 11.3 Å². The van der Waals surface area contributed by atoms with Crippen LogP contribution >= 0.6 is 11.3 Å². The van der Waals surface area contributed by atoms with Crippen molar-refractivity contribution in [3.8, 4) is 0 Å². The number of thiophene rings is 1. The van der Waals surface area contributed by atoms with E-state index in [1.807, 2.05) is 13.0 Å². The van der Waals surface area contributed by atoms with Crippen molar-refractivity contribution in [1.82, 2.24) is 9.55 Å². The van der Waals surface area contributed by atoms with Crippen molar-refractivity contribution in [2.45, 2.75) is 18.6 Å². The van der Waals surface area contributed by atoms with Crippen LogP contribution in [0.25, 0.3) is 11.0 Å². The molecule has 0 radical (unpaired) electrons. The van der Waals surface area contributed by atoms with Gasteiger partial charge in [-0.3, -0.25) is 4.79 Å². The Bertz CT molecular complexity index is 968. The van der Waals surface area contributed by atoms with Crippen molar-refractivity contribution < 1.29 is 13.2 Å². The van der Waals surface area contributed by atoms with Crippen LogP contribution in [0.3, 0.4) is 0 Å². The van der Waals surface area contributed by atoms with Gasteiger partial charge in [0.2, 0.25) is 15.0 Å². The van der Waals surface area contributed by atoms with Gasteiger partial charge < -0.3 is 4.57 Å². The van der Waals surface area contributed by atoms with Gasteiger partial charge >= 0.3 is 0 Å². The van der Waals surface area contributed by atoms with Gasteiger partial charge in [0, 0.05) is 11.1 Å². The van der Waals surface area contributed by atoms with Crippen LogP contribution in [0.1, 0.15) is 14.5 Å². The van der Waals surface area contributed by atoms with Crippen LogP contribution in [0.4, 0.5) is 0 Å². The van der Waals surface area contributed by atoms with Crippen molar-refractivity contribution in [2.24, 2.45) is 0 Å². The molecule has 114 valence electrons. The Morgan fingerprint density at radius 3 is 2.59 bits per heavy atom. The maximum Gasteiger partial charge on any atom is 0.228 e. The number of carbonyl (C=O) groups excluding carboxylic acids is 1. The van der Waals surface area contributed by atoms with Gasteiger partial charge in [-0.2, -0.15) is 0 Å². The van der Waals surface area contributed by atoms with E-state index in [1.165, 1.54) is 15.9 Å². The fourth-order valence-electron chi connectivity index (χ4n) is 2.30. The van der Waals surface area contributed by atoms with Crippen LogP contribution in [0.15, 0.2) is 41.6 Å². The average Bonchev–Trinajstić information content (AvgIpc) is 3.03. The largest absolute Gasteiger partial charge is 0.307 e. The van der Waals surface area contributed by atoms with Crippen molar-refractivity contribution in [1.29, 1.82) is 0 Å². The molecule has 2 aromatic heterocycles. The molecule has 0 saturated carbocycles. The highest BCUT2D eigenvalue weighted by Gasteiger charge is 2.21. The molecule has 0 aliphatic carbocycles. The Morgan fingerprint density at radius 2 is 1.95 bits per heavy atom. The summed E-state index contributed by atoms with van der Waals surface area (Å²) in [6, 6.07) is 10.7. The molecule has 0 atom stereocenters. The summed E-state index contributed by atoms with van der Waals surface area (Å²) in [6.07, 6.45) is 1.10. The van der Waals surface area contributed by atoms with Crippen LogP contribution in [-0.4, -0.2) is 30.0 Å². The number of imidazole rings is 1. The van der Waals surface area contributed by atoms with Gasteiger partial charge in [-0.1, -0.05) is 12.1 Å². The molecule has 7 heteroatoms. The molecule has 2 heterocycles. The topological polar surface area (TPSA) is 69.0 Å². The first-order valence-corrected chi connectivity index (χ1v) is 9.32. The molecule has 0 bridgehead atoms. The standard InChI is InChI=1S/C15H14N2O3S2/c1-10-7-8-14(21-10)13(18)9-17-12-6-4-3-5-11(12)16-15(17)22(2,19)20/h3-8H,9H2,1-2H3. The van der Waals surface area contributed by atoms with Crippen molar-refractivity contribution >= 4 is 38.0 Å². The van der Waals surface area contributed by atoms with Gasteiger partial charge in [0.15, 0.2) is 5.78 Å². The quantitative estimate of drug-likeness (QED) is 0.688. The van der Waals surface area contributed by atoms with Gasteiger partial charge in [-0.05, 0) is 31.2 Å². The number of para-hydroxylation sites is 2. The van der Waals surface area contributed by atoms with E-state index in [2.05, 4.69) is 4.98 Å². The predicted molar refractivity (Wildman–Crippen MR) is 86.2 cm³/mol. The van der Waals surface area contributed by atoms with Crippen LogP contribution in [0.2, 0.25) is 0 Å². The van der Waals surface area contributed by atoms with Crippen molar-refractivity contribution in [3.63, 3.8) is 0 Å². The Labute approximate surface area is 132 Å². The summed E-state index contributed by atoms with van der Waals surface area (Å²) in [5.74, 6) is -0.119. The third-order valence-electron chi connectivity index (χ3n) is 3.27. The molecule has 0 aliphatic rings. The van der Waals surface area contributed by atoms with Crippen LogP contribution < -0.4 is 0 Å². The Morgan fingerprint density at radius 1 is 1.23 bits per heavy atom. The monoisotopic (exact) mass is 334 g/mol. The molecular formula is C15H14N2O3S2. The third kappa shape index (κ3) is 2.69. The zero-order chi connectivity index (χ0) is 15.9. The number of aromatic nitrogens is 2. The number of hydrogen-bond acceptors (Lipinski definition) is 5. The molecule has 0 aliphatic heterocycles. The summed E-state index contributed by atoms with van der Waals surface area (Å²) in [5, 5.41) is -0.0738. The van der Waals surface area contributed by atoms with E-state index in [0.717, 1.165) is 11.1 Å². The lowest BCUT2D eigenvalue weighted by molar-refractivity contribution is 0.0974. The smallest absolute Gasteiger partial charge is 0.228 e. The number of nitrogens with zero attached hydrogens (tertiary/aromatic N) is 2. The molecule has 0 fully saturated rings. The SMILES string of the molecule is Cc1ccc(C(=O)Cn2c(S(C)(=O)=O)nc3ccccc32)s1. The number of benzene rings is 1. The molecule has 0 unspecified atom stereocenters. The first-order chi connectivity index (χ1) is 10.4. The number of hydrogen-bond donors (Lipinski definition) is 0. The number of rotatable bonds is 4. The van der Waals surface area contributed by atoms with Gasteiger partial charge in [0.1, 0.15) is 0 Å². The minimum atomic E-state index is -3.51. The van der Waals surface area contributed by atoms with E-state index in [-0.39, 0.29) is 17.5 Å². The zero-order valence-electron chi connectivity index (χ0n) is 12.1. The van der Waals surface area contributed by atoms with E-state index in [4.69, 9.17) is 0 Å². The molecule has 0 saturated heterocycles. The summed E-state index contributed by atoms with van der Waals surface area (Å²) in [7, 11) is -3.51. The first-order valence-electron chi connectivity index (χ1n) is 6.61. The zero-order valence-corrected chi connectivity index (χ0v) is 13.7. The molecule has 5 nitrogen and oxygen atoms in total. The van der Waals surface area contributed by atoms with E-state index in [1.54, 1.807) is 30.3 Å². The summed E-state index contributed by atoms with van der Waals surface area (Å²) in [6.45, 7) is 1.89. The third-order valence-corrected chi connectivity index (χ3v) is 5.28. The minimum absolute atomic E-state index is 0.0388. The highest BCUT2D eigenvalue weighted by Crippen LogP contribution is 2.22. The molecule has 3 rings (SSSR count). The van der Waals surface area contributed by atoms with Crippen LogP contribution in [0, 0.1) is 6.92 Å². The summed E-state index contributed by atoms with van der Waals surface area (Å²) in [4.78, 5) is 18.2. The van der Waals surface area contributed by atoms with E-state index in [0.29, 0.717) is 15.9 Å². The Balaban J connectivity index is 2.11. The summed E-state index contributed by atoms with van der Waals surface area (Å²) in [5.41, 5.74) is 1.21. The minimum Gasteiger partial charge on any atom is -0.307 e. The first kappa shape index (κ1) is 14.9. The number of aryl methyl sites for hydroxylation is 1. The summed E-state index contributed by atoms with van der Waals surface area (Å²) < 4.78 is 25.4. The molecule has 0 amide bonds. The molecular weight excluding hydrogens is 320 g/mol. The lowest BCUT2D eigenvalue weighted by atomic mass is 10.3. The maximum atomic E-state index is 12.4. The van der Waals surface area contributed by atoms with Gasteiger partial charge in [0.25, 0.3) is 0 Å². The normalized spacial score (nSPS) is 11.9. The second-order valence-electron chi connectivity index (χ2n) is 5.07. The predicted octanol–water partition coefficient (Wildman–Crippen LogP) is 2.69. The van der Waals surface area contributed by atoms with Crippen molar-refractivity contribution in [3.05, 3.63) is 46.2 Å². The van der Waals surface area contributed by atoms with Crippen LogP contribution in [-0.2, 0) is 16.4 Å². The number of fused-ring (bicyclic) bond motifs is 1. The molecule has 0 N–H and O–H groups in total. The maximum absolute atomic E-state index is 12.4.